The number of amides is 2. The van der Waals surface area contributed by atoms with Gasteiger partial charge in [-0.3, -0.25) is 25.0 Å². The van der Waals surface area contributed by atoms with Crippen molar-refractivity contribution in [3.63, 3.8) is 0 Å². The van der Waals surface area contributed by atoms with Crippen LogP contribution in [0.5, 0.6) is 5.75 Å². The summed E-state index contributed by atoms with van der Waals surface area (Å²) in [6, 6.07) is 14.8. The van der Waals surface area contributed by atoms with E-state index in [2.05, 4.69) is 15.8 Å². The smallest absolute Gasteiger partial charge is 0.269 e. The summed E-state index contributed by atoms with van der Waals surface area (Å²) in [5.74, 6) is 0.202. The van der Waals surface area contributed by atoms with Crippen LogP contribution in [0.3, 0.4) is 0 Å². The quantitative estimate of drug-likeness (QED) is 0.462. The zero-order chi connectivity index (χ0) is 20.6. The molecular formula is C21H22N4O3S. The molecule has 0 fully saturated rings. The van der Waals surface area contributed by atoms with Gasteiger partial charge in [-0.2, -0.15) is 0 Å². The lowest BCUT2D eigenvalue weighted by atomic mass is 10.1. The van der Waals surface area contributed by atoms with Crippen LogP contribution in [0.15, 0.2) is 66.1 Å². The number of nitrogens with zero attached hydrogens (tertiary/aromatic N) is 2. The monoisotopic (exact) mass is 410 g/mol. The molecule has 0 spiro atoms. The number of methoxy groups -OCH3 is 1. The van der Waals surface area contributed by atoms with Crippen LogP contribution in [0, 0.1) is 0 Å². The molecule has 29 heavy (non-hydrogen) atoms. The van der Waals surface area contributed by atoms with Gasteiger partial charge < -0.3 is 4.74 Å². The molecule has 1 aromatic heterocycles. The predicted molar refractivity (Wildman–Crippen MR) is 112 cm³/mol. The van der Waals surface area contributed by atoms with E-state index < -0.39 is 0 Å². The Hall–Kier alpha value is -3.26. The molecule has 2 N–H and O–H groups in total. The highest BCUT2D eigenvalue weighted by atomic mass is 32.2. The van der Waals surface area contributed by atoms with Gasteiger partial charge in [0.2, 0.25) is 5.91 Å². The second kappa shape index (κ2) is 9.79. The van der Waals surface area contributed by atoms with Gasteiger partial charge in [0, 0.05) is 23.6 Å². The zero-order valence-corrected chi connectivity index (χ0v) is 17.0. The third-order valence-corrected chi connectivity index (χ3v) is 5.20. The van der Waals surface area contributed by atoms with E-state index in [-0.39, 0.29) is 17.6 Å². The molecule has 0 bridgehead atoms. The first-order chi connectivity index (χ1) is 14.1. The Morgan fingerprint density at radius 1 is 1.07 bits per heavy atom. The number of carbonyl (C=O) groups excluding carboxylic acids is 2. The second-order valence-corrected chi connectivity index (χ2v) is 7.06. The second-order valence-electron chi connectivity index (χ2n) is 6.12. The molecule has 3 aromatic rings. The van der Waals surface area contributed by atoms with Crippen molar-refractivity contribution in [3.05, 3.63) is 72.1 Å². The third-order valence-electron chi connectivity index (χ3n) is 4.23. The van der Waals surface area contributed by atoms with Gasteiger partial charge in [0.25, 0.3) is 5.91 Å². The number of thioether (sulfide) groups is 1. The molecule has 1 heterocycles. The summed E-state index contributed by atoms with van der Waals surface area (Å²) in [4.78, 5) is 28.5. The maximum atomic E-state index is 12.1. The molecule has 0 saturated carbocycles. The van der Waals surface area contributed by atoms with Crippen molar-refractivity contribution >= 4 is 23.6 Å². The lowest BCUT2D eigenvalue weighted by Gasteiger charge is -2.09. The summed E-state index contributed by atoms with van der Waals surface area (Å²) >= 11 is 1.28. The topological polar surface area (TPSA) is 85.3 Å². The Kier molecular flexibility index (Phi) is 6.91. The minimum atomic E-state index is -0.356. The number of carbonyl (C=O) groups is 2. The summed E-state index contributed by atoms with van der Waals surface area (Å²) in [6.45, 7) is 2.05. The summed E-state index contributed by atoms with van der Waals surface area (Å²) in [7, 11) is 1.62. The Morgan fingerprint density at radius 3 is 2.45 bits per heavy atom. The first kappa shape index (κ1) is 20.5. The first-order valence-electron chi connectivity index (χ1n) is 9.09. The van der Waals surface area contributed by atoms with Gasteiger partial charge in [0.1, 0.15) is 5.75 Å². The van der Waals surface area contributed by atoms with E-state index in [0.29, 0.717) is 10.7 Å². The first-order valence-corrected chi connectivity index (χ1v) is 10.1. The predicted octanol–water partition coefficient (Wildman–Crippen LogP) is 3.00. The fraction of sp³-hybridized carbons (Fsp3) is 0.190. The van der Waals surface area contributed by atoms with E-state index in [1.54, 1.807) is 25.4 Å². The fourth-order valence-electron chi connectivity index (χ4n) is 2.59. The van der Waals surface area contributed by atoms with Gasteiger partial charge in [-0.1, -0.05) is 30.8 Å². The van der Waals surface area contributed by atoms with Crippen LogP contribution >= 0.6 is 11.8 Å². The maximum Gasteiger partial charge on any atom is 0.269 e. The summed E-state index contributed by atoms with van der Waals surface area (Å²) in [5.41, 5.74) is 7.42. The number of hydrogen-bond acceptors (Lipinski definition) is 5. The lowest BCUT2D eigenvalue weighted by molar-refractivity contribution is -0.119. The Balaban J connectivity index is 1.52. The molecule has 150 valence electrons. The van der Waals surface area contributed by atoms with Crippen LogP contribution in [0.1, 0.15) is 22.8 Å². The van der Waals surface area contributed by atoms with Crippen LogP contribution in [-0.4, -0.2) is 34.2 Å². The number of hydrogen-bond donors (Lipinski definition) is 2. The number of ether oxygens (including phenoxy) is 1. The molecule has 2 aromatic carbocycles. The largest absolute Gasteiger partial charge is 0.497 e. The van der Waals surface area contributed by atoms with Crippen molar-refractivity contribution < 1.29 is 14.3 Å². The summed E-state index contributed by atoms with van der Waals surface area (Å²) in [6.07, 6.45) is 4.40. The summed E-state index contributed by atoms with van der Waals surface area (Å²) < 4.78 is 7.05. The minimum Gasteiger partial charge on any atom is -0.497 e. The van der Waals surface area contributed by atoms with E-state index in [0.717, 1.165) is 23.4 Å². The average molecular weight is 410 g/mol. The van der Waals surface area contributed by atoms with Gasteiger partial charge in [0.05, 0.1) is 12.9 Å². The van der Waals surface area contributed by atoms with E-state index in [1.165, 1.54) is 11.8 Å². The van der Waals surface area contributed by atoms with E-state index in [9.17, 15) is 9.59 Å². The van der Waals surface area contributed by atoms with E-state index in [4.69, 9.17) is 4.74 Å². The van der Waals surface area contributed by atoms with Crippen LogP contribution in [0.4, 0.5) is 0 Å². The van der Waals surface area contributed by atoms with Gasteiger partial charge in [-0.05, 0) is 48.4 Å². The molecule has 0 atom stereocenters. The molecule has 8 heteroatoms. The third kappa shape index (κ3) is 5.39. The molecule has 3 rings (SSSR count). The molecule has 0 saturated heterocycles. The Morgan fingerprint density at radius 2 is 1.79 bits per heavy atom. The minimum absolute atomic E-state index is 0.113. The zero-order valence-electron chi connectivity index (χ0n) is 16.2. The molecule has 0 unspecified atom stereocenters. The molecule has 7 nitrogen and oxygen atoms in total. The Labute approximate surface area is 173 Å². The highest BCUT2D eigenvalue weighted by Gasteiger charge is 2.11. The van der Waals surface area contributed by atoms with Gasteiger partial charge in [0.15, 0.2) is 5.16 Å². The van der Waals surface area contributed by atoms with Crippen molar-refractivity contribution in [1.29, 1.82) is 0 Å². The van der Waals surface area contributed by atoms with Crippen molar-refractivity contribution in [2.45, 2.75) is 18.5 Å². The van der Waals surface area contributed by atoms with Crippen molar-refractivity contribution in [2.75, 3.05) is 12.9 Å². The molecule has 2 amide bonds. The summed E-state index contributed by atoms with van der Waals surface area (Å²) in [5, 5.41) is 0.673. The fourth-order valence-corrected chi connectivity index (χ4v) is 3.37. The lowest BCUT2D eigenvalue weighted by Crippen LogP contribution is -2.42. The van der Waals surface area contributed by atoms with Gasteiger partial charge >= 0.3 is 0 Å². The van der Waals surface area contributed by atoms with Crippen LogP contribution < -0.4 is 15.6 Å². The molecule has 0 aliphatic rings. The average Bonchev–Trinajstić information content (AvgIpc) is 3.24. The van der Waals surface area contributed by atoms with Crippen LogP contribution in [0.2, 0.25) is 0 Å². The highest BCUT2D eigenvalue weighted by molar-refractivity contribution is 7.99. The van der Waals surface area contributed by atoms with Crippen molar-refractivity contribution in [1.82, 2.24) is 20.4 Å². The van der Waals surface area contributed by atoms with Crippen molar-refractivity contribution in [2.24, 2.45) is 0 Å². The number of imidazole rings is 1. The molecule has 0 aliphatic carbocycles. The number of aromatic nitrogens is 2. The number of rotatable bonds is 7. The molecular weight excluding hydrogens is 388 g/mol. The molecule has 0 aliphatic heterocycles. The number of hydrazine groups is 1. The highest BCUT2D eigenvalue weighted by Crippen LogP contribution is 2.22. The number of nitrogens with one attached hydrogen (secondary N) is 2. The normalized spacial score (nSPS) is 10.4. The number of benzene rings is 2. The van der Waals surface area contributed by atoms with Gasteiger partial charge in [-0.15, -0.1) is 0 Å². The van der Waals surface area contributed by atoms with Gasteiger partial charge in [-0.25, -0.2) is 4.98 Å². The van der Waals surface area contributed by atoms with Crippen molar-refractivity contribution in [3.8, 4) is 11.4 Å². The van der Waals surface area contributed by atoms with Crippen LogP contribution in [0.25, 0.3) is 5.69 Å². The number of aryl methyl sites for hydroxylation is 1. The Bertz CT molecular complexity index is 968. The standard InChI is InChI=1S/C21H22N4O3S/c1-3-15-4-6-16(7-5-15)20(27)24-23-19(26)14-29-21-22-12-13-25(21)17-8-10-18(28-2)11-9-17/h4-13H,3,14H2,1-2H3,(H,23,26)(H,24,27). The van der Waals surface area contributed by atoms with E-state index >= 15 is 0 Å². The van der Waals surface area contributed by atoms with Crippen LogP contribution in [-0.2, 0) is 11.2 Å². The molecule has 0 radical (unpaired) electrons. The maximum absolute atomic E-state index is 12.1. The SMILES string of the molecule is CCc1ccc(C(=O)NNC(=O)CSc2nccn2-c2ccc(OC)cc2)cc1. The van der Waals surface area contributed by atoms with E-state index in [1.807, 2.05) is 54.1 Å².